The van der Waals surface area contributed by atoms with Gasteiger partial charge in [-0.25, -0.2) is 14.2 Å². The van der Waals surface area contributed by atoms with E-state index in [1.165, 1.54) is 0 Å². The number of ether oxygens (including phenoxy) is 2. The Morgan fingerprint density at radius 1 is 1.11 bits per heavy atom. The number of likely N-dealkylation sites (tertiary alicyclic amines) is 1. The predicted molar refractivity (Wildman–Crippen MR) is 125 cm³/mol. The fourth-order valence-corrected chi connectivity index (χ4v) is 4.39. The summed E-state index contributed by atoms with van der Waals surface area (Å²) in [6, 6.07) is 9.03. The second-order valence-corrected chi connectivity index (χ2v) is 8.42. The van der Waals surface area contributed by atoms with Crippen LogP contribution in [0.3, 0.4) is 0 Å². The van der Waals surface area contributed by atoms with Gasteiger partial charge < -0.3 is 19.5 Å². The highest BCUT2D eigenvalue weighted by Gasteiger charge is 2.25. The Labute approximate surface area is 205 Å². The number of aromatic nitrogens is 1. The Hall–Kier alpha value is -3.82. The van der Waals surface area contributed by atoms with Gasteiger partial charge >= 0.3 is 12.6 Å². The third kappa shape index (κ3) is 5.37. The monoisotopic (exact) mass is 502 g/mol. The molecule has 1 fully saturated rings. The fourth-order valence-electron chi connectivity index (χ4n) is 4.39. The minimum absolute atomic E-state index is 0.0573. The van der Waals surface area contributed by atoms with Crippen LogP contribution in [0, 0.1) is 5.82 Å². The Balaban J connectivity index is 1.78. The Morgan fingerprint density at radius 2 is 1.81 bits per heavy atom. The van der Waals surface area contributed by atoms with E-state index in [4.69, 9.17) is 14.6 Å². The molecule has 0 spiro atoms. The molecule has 190 valence electrons. The maximum Gasteiger partial charge on any atom is 0.387 e. The van der Waals surface area contributed by atoms with Crippen molar-refractivity contribution < 1.29 is 37.3 Å². The zero-order valence-corrected chi connectivity index (χ0v) is 19.6. The summed E-state index contributed by atoms with van der Waals surface area (Å²) >= 11 is 0. The van der Waals surface area contributed by atoms with Crippen LogP contribution in [0.5, 0.6) is 11.5 Å². The molecule has 0 unspecified atom stereocenters. The summed E-state index contributed by atoms with van der Waals surface area (Å²) in [6.45, 7) is -0.785. The maximum absolute atomic E-state index is 14.7. The molecule has 0 radical (unpaired) electrons. The smallest absolute Gasteiger partial charge is 0.387 e. The van der Waals surface area contributed by atoms with Gasteiger partial charge in [-0.15, -0.1) is 0 Å². The molecule has 1 saturated heterocycles. The topological polar surface area (TPSA) is 89.0 Å². The minimum atomic E-state index is -3.23. The first-order chi connectivity index (χ1) is 17.3. The van der Waals surface area contributed by atoms with Crippen molar-refractivity contribution in [3.8, 4) is 11.5 Å². The number of fused-ring (bicyclic) bond motifs is 1. The van der Waals surface area contributed by atoms with Crippen molar-refractivity contribution in [3.63, 3.8) is 0 Å². The number of carboxylic acids is 1. The standard InChI is InChI=1S/C26H25F3N2O5/c1-2-19-17(13-15-5-7-16(8-6-15)25(34)31-11-3-4-12-31)24(36-26(28)29)22-20(35-14-21(32)33)10-9-18(27)23(22)30-19/h5-10,26H,2-4,11-14H2,1H3,(H,32,33). The van der Waals surface area contributed by atoms with Gasteiger partial charge in [0.25, 0.3) is 5.91 Å². The molecule has 2 heterocycles. The van der Waals surface area contributed by atoms with Crippen LogP contribution in [0.2, 0.25) is 0 Å². The minimum Gasteiger partial charge on any atom is -0.481 e. The van der Waals surface area contributed by atoms with Crippen molar-refractivity contribution in [2.24, 2.45) is 0 Å². The highest BCUT2D eigenvalue weighted by molar-refractivity contribution is 5.95. The number of alkyl halides is 2. The van der Waals surface area contributed by atoms with Crippen molar-refractivity contribution in [2.75, 3.05) is 19.7 Å². The number of amides is 1. The molecule has 3 aromatic rings. The molecule has 0 bridgehead atoms. The number of hydrogen-bond donors (Lipinski definition) is 1. The van der Waals surface area contributed by atoms with Crippen molar-refractivity contribution in [1.82, 2.24) is 9.88 Å². The van der Waals surface area contributed by atoms with Crippen LogP contribution in [0.25, 0.3) is 10.9 Å². The molecule has 1 N–H and O–H groups in total. The first kappa shape index (κ1) is 25.3. The number of aryl methyl sites for hydroxylation is 1. The van der Waals surface area contributed by atoms with Crippen LogP contribution in [-0.4, -0.2) is 53.2 Å². The van der Waals surface area contributed by atoms with E-state index in [0.29, 0.717) is 28.8 Å². The summed E-state index contributed by atoms with van der Waals surface area (Å²) < 4.78 is 51.9. The van der Waals surface area contributed by atoms with Crippen LogP contribution < -0.4 is 9.47 Å². The molecule has 1 aliphatic rings. The number of carboxylic acid groups (broad SMARTS) is 1. The van der Waals surface area contributed by atoms with E-state index < -0.39 is 25.0 Å². The van der Waals surface area contributed by atoms with Gasteiger partial charge in [-0.05, 0) is 49.1 Å². The van der Waals surface area contributed by atoms with Gasteiger partial charge in [-0.3, -0.25) is 4.79 Å². The lowest BCUT2D eigenvalue weighted by molar-refractivity contribution is -0.139. The highest BCUT2D eigenvalue weighted by atomic mass is 19.3. The van der Waals surface area contributed by atoms with Gasteiger partial charge in [0.2, 0.25) is 0 Å². The molecule has 1 aliphatic heterocycles. The second-order valence-electron chi connectivity index (χ2n) is 8.42. The van der Waals surface area contributed by atoms with Gasteiger partial charge in [0.15, 0.2) is 6.61 Å². The Bertz CT molecular complexity index is 1280. The molecule has 1 amide bonds. The number of nitrogens with zero attached hydrogens (tertiary/aromatic N) is 2. The number of carbonyl (C=O) groups excluding carboxylic acids is 1. The summed E-state index contributed by atoms with van der Waals surface area (Å²) in [4.78, 5) is 29.8. The number of pyridine rings is 1. The zero-order chi connectivity index (χ0) is 25.8. The van der Waals surface area contributed by atoms with Gasteiger partial charge in [-0.2, -0.15) is 8.78 Å². The van der Waals surface area contributed by atoms with Gasteiger partial charge in [-0.1, -0.05) is 19.1 Å². The summed E-state index contributed by atoms with van der Waals surface area (Å²) in [6.07, 6.45) is 2.37. The average Bonchev–Trinajstić information content (AvgIpc) is 3.39. The summed E-state index contributed by atoms with van der Waals surface area (Å²) in [7, 11) is 0. The molecule has 36 heavy (non-hydrogen) atoms. The predicted octanol–water partition coefficient (Wildman–Crippen LogP) is 4.83. The van der Waals surface area contributed by atoms with E-state index >= 15 is 0 Å². The molecule has 4 rings (SSSR count). The Kier molecular flexibility index (Phi) is 7.61. The van der Waals surface area contributed by atoms with Crippen LogP contribution >= 0.6 is 0 Å². The Morgan fingerprint density at radius 3 is 2.42 bits per heavy atom. The normalized spacial score (nSPS) is 13.4. The fraction of sp³-hybridized carbons (Fsp3) is 0.346. The third-order valence-corrected chi connectivity index (χ3v) is 6.05. The van der Waals surface area contributed by atoms with Gasteiger partial charge in [0.05, 0.1) is 5.39 Å². The molecule has 0 saturated carbocycles. The van der Waals surface area contributed by atoms with Crippen LogP contribution in [-0.2, 0) is 17.6 Å². The van der Waals surface area contributed by atoms with E-state index in [1.54, 1.807) is 36.1 Å². The summed E-state index contributed by atoms with van der Waals surface area (Å²) in [5.74, 6) is -2.57. The van der Waals surface area contributed by atoms with Crippen LogP contribution in [0.1, 0.15) is 46.9 Å². The molecule has 2 aromatic carbocycles. The molecule has 7 nitrogen and oxygen atoms in total. The van der Waals surface area contributed by atoms with E-state index in [9.17, 15) is 22.8 Å². The number of aliphatic carboxylic acids is 1. The lowest BCUT2D eigenvalue weighted by Gasteiger charge is -2.19. The van der Waals surface area contributed by atoms with E-state index in [0.717, 1.165) is 38.1 Å². The highest BCUT2D eigenvalue weighted by Crippen LogP contribution is 2.40. The summed E-state index contributed by atoms with van der Waals surface area (Å²) in [5.41, 5.74) is 1.64. The average molecular weight is 502 g/mol. The van der Waals surface area contributed by atoms with Crippen molar-refractivity contribution in [2.45, 2.75) is 39.2 Å². The van der Waals surface area contributed by atoms with Crippen molar-refractivity contribution in [3.05, 3.63) is 64.6 Å². The summed E-state index contributed by atoms with van der Waals surface area (Å²) in [5, 5.41) is 8.82. The lowest BCUT2D eigenvalue weighted by atomic mass is 9.97. The van der Waals surface area contributed by atoms with E-state index in [2.05, 4.69) is 4.98 Å². The number of rotatable bonds is 9. The van der Waals surface area contributed by atoms with Crippen molar-refractivity contribution in [1.29, 1.82) is 0 Å². The van der Waals surface area contributed by atoms with Crippen LogP contribution in [0.15, 0.2) is 36.4 Å². The SMILES string of the molecule is CCc1nc2c(F)ccc(OCC(=O)O)c2c(OC(F)F)c1Cc1ccc(C(=O)N2CCCC2)cc1. The number of carbonyl (C=O) groups is 2. The third-order valence-electron chi connectivity index (χ3n) is 6.05. The number of halogens is 3. The molecule has 10 heteroatoms. The first-order valence-corrected chi connectivity index (χ1v) is 11.6. The molecule has 0 aliphatic carbocycles. The van der Waals surface area contributed by atoms with E-state index in [1.807, 2.05) is 0 Å². The largest absolute Gasteiger partial charge is 0.481 e. The van der Waals surface area contributed by atoms with E-state index in [-0.39, 0.29) is 34.7 Å². The van der Waals surface area contributed by atoms with Crippen molar-refractivity contribution >= 4 is 22.8 Å². The lowest BCUT2D eigenvalue weighted by Crippen LogP contribution is -2.27. The molecule has 0 atom stereocenters. The molecular weight excluding hydrogens is 477 g/mol. The number of hydrogen-bond acceptors (Lipinski definition) is 5. The second kappa shape index (κ2) is 10.8. The quantitative estimate of drug-likeness (QED) is 0.451. The molecular formula is C26H25F3N2O5. The first-order valence-electron chi connectivity index (χ1n) is 11.6. The van der Waals surface area contributed by atoms with Gasteiger partial charge in [0.1, 0.15) is 22.8 Å². The zero-order valence-electron chi connectivity index (χ0n) is 19.6. The van der Waals surface area contributed by atoms with Gasteiger partial charge in [0, 0.05) is 36.3 Å². The maximum atomic E-state index is 14.7. The van der Waals surface area contributed by atoms with Crippen LogP contribution in [0.4, 0.5) is 13.2 Å². The molecule has 1 aromatic heterocycles. The number of benzene rings is 2.